The molecule has 0 bridgehead atoms. The van der Waals surface area contributed by atoms with Gasteiger partial charge in [-0.05, 0) is 31.0 Å². The number of nitrogen functional groups attached to an aromatic ring is 1. The van der Waals surface area contributed by atoms with E-state index in [1.807, 2.05) is 6.92 Å². The van der Waals surface area contributed by atoms with Gasteiger partial charge in [0.25, 0.3) is 5.91 Å². The fourth-order valence-electron chi connectivity index (χ4n) is 3.38. The van der Waals surface area contributed by atoms with Crippen molar-refractivity contribution in [2.75, 3.05) is 16.4 Å². The van der Waals surface area contributed by atoms with Gasteiger partial charge in [0.15, 0.2) is 0 Å². The SMILES string of the molecule is Cc1ccc(NC(=O)C2=CC=CC(C(F)(F)F)C2)cc1Nc1ncncc1-c1cc(N)ncn1. The number of carbonyl (C=O) groups excluding carboxylic acids is 1. The number of hydrogen-bond donors (Lipinski definition) is 3. The summed E-state index contributed by atoms with van der Waals surface area (Å²) in [7, 11) is 0. The van der Waals surface area contributed by atoms with Crippen LogP contribution in [0.5, 0.6) is 0 Å². The second kappa shape index (κ2) is 9.30. The summed E-state index contributed by atoms with van der Waals surface area (Å²) in [6, 6.07) is 6.71. The number of hydrogen-bond acceptors (Lipinski definition) is 7. The molecule has 1 aromatic carbocycles. The number of nitrogens with zero attached hydrogens (tertiary/aromatic N) is 4. The highest BCUT2D eigenvalue weighted by molar-refractivity contribution is 6.04. The number of aromatic nitrogens is 4. The molecule has 0 spiro atoms. The minimum absolute atomic E-state index is 0.0550. The van der Waals surface area contributed by atoms with E-state index < -0.39 is 24.4 Å². The molecule has 3 aromatic rings. The third-order valence-electron chi connectivity index (χ3n) is 5.22. The van der Waals surface area contributed by atoms with Crippen LogP contribution in [-0.4, -0.2) is 32.0 Å². The van der Waals surface area contributed by atoms with Crippen molar-refractivity contribution in [3.05, 3.63) is 72.5 Å². The largest absolute Gasteiger partial charge is 0.395 e. The first-order valence-corrected chi connectivity index (χ1v) is 10.2. The van der Waals surface area contributed by atoms with Crippen LogP contribution in [0.1, 0.15) is 12.0 Å². The number of allylic oxidation sites excluding steroid dienone is 3. The van der Waals surface area contributed by atoms with Crippen molar-refractivity contribution in [3.8, 4) is 11.3 Å². The summed E-state index contributed by atoms with van der Waals surface area (Å²) in [4.78, 5) is 29.0. The minimum Gasteiger partial charge on any atom is -0.384 e. The number of anilines is 4. The maximum Gasteiger partial charge on any atom is 0.395 e. The molecular weight excluding hydrogens is 447 g/mol. The predicted molar refractivity (Wildman–Crippen MR) is 122 cm³/mol. The van der Waals surface area contributed by atoms with Crippen LogP contribution in [0.25, 0.3) is 11.3 Å². The number of alkyl halides is 3. The molecule has 34 heavy (non-hydrogen) atoms. The van der Waals surface area contributed by atoms with E-state index >= 15 is 0 Å². The fraction of sp³-hybridized carbons (Fsp3) is 0.174. The molecule has 8 nitrogen and oxygen atoms in total. The molecular formula is C23H20F3N7O. The lowest BCUT2D eigenvalue weighted by Crippen LogP contribution is -2.26. The Morgan fingerprint density at radius 3 is 2.74 bits per heavy atom. The van der Waals surface area contributed by atoms with E-state index in [-0.39, 0.29) is 5.57 Å². The monoisotopic (exact) mass is 467 g/mol. The van der Waals surface area contributed by atoms with E-state index in [1.165, 1.54) is 24.8 Å². The second-order valence-corrected chi connectivity index (χ2v) is 7.65. The Bertz CT molecular complexity index is 1290. The zero-order valence-corrected chi connectivity index (χ0v) is 18.0. The summed E-state index contributed by atoms with van der Waals surface area (Å²) in [6.45, 7) is 1.86. The lowest BCUT2D eigenvalue weighted by atomic mass is 9.93. The van der Waals surface area contributed by atoms with Gasteiger partial charge in [-0.1, -0.05) is 24.3 Å². The summed E-state index contributed by atoms with van der Waals surface area (Å²) in [5, 5.41) is 5.87. The van der Waals surface area contributed by atoms with Crippen molar-refractivity contribution in [1.29, 1.82) is 0 Å². The second-order valence-electron chi connectivity index (χ2n) is 7.65. The third-order valence-corrected chi connectivity index (χ3v) is 5.22. The maximum absolute atomic E-state index is 13.0. The predicted octanol–water partition coefficient (Wildman–Crippen LogP) is 4.57. The van der Waals surface area contributed by atoms with Crippen LogP contribution in [0.15, 0.2) is 66.9 Å². The van der Waals surface area contributed by atoms with E-state index in [4.69, 9.17) is 5.73 Å². The lowest BCUT2D eigenvalue weighted by Gasteiger charge is -2.21. The van der Waals surface area contributed by atoms with E-state index in [0.29, 0.717) is 34.3 Å². The summed E-state index contributed by atoms with van der Waals surface area (Å²) < 4.78 is 39.1. The highest BCUT2D eigenvalue weighted by Gasteiger charge is 2.39. The zero-order valence-electron chi connectivity index (χ0n) is 18.0. The van der Waals surface area contributed by atoms with Gasteiger partial charge in [0.05, 0.1) is 17.2 Å². The number of amides is 1. The number of rotatable bonds is 5. The van der Waals surface area contributed by atoms with Crippen molar-refractivity contribution in [2.45, 2.75) is 19.5 Å². The van der Waals surface area contributed by atoms with E-state index in [0.717, 1.165) is 11.6 Å². The molecule has 1 atom stereocenters. The van der Waals surface area contributed by atoms with E-state index in [9.17, 15) is 18.0 Å². The fourth-order valence-corrected chi connectivity index (χ4v) is 3.38. The average Bonchev–Trinajstić information content (AvgIpc) is 2.81. The third kappa shape index (κ3) is 5.20. The van der Waals surface area contributed by atoms with Gasteiger partial charge in [0.2, 0.25) is 0 Å². The molecule has 2 heterocycles. The molecule has 4 rings (SSSR count). The average molecular weight is 467 g/mol. The molecule has 1 aliphatic carbocycles. The van der Waals surface area contributed by atoms with Crippen LogP contribution in [0, 0.1) is 12.8 Å². The van der Waals surface area contributed by atoms with Crippen molar-refractivity contribution in [1.82, 2.24) is 19.9 Å². The first-order chi connectivity index (χ1) is 16.2. The highest BCUT2D eigenvalue weighted by atomic mass is 19.4. The van der Waals surface area contributed by atoms with Crippen LogP contribution >= 0.6 is 0 Å². The van der Waals surface area contributed by atoms with Gasteiger partial charge in [-0.25, -0.2) is 19.9 Å². The molecule has 2 aromatic heterocycles. The van der Waals surface area contributed by atoms with Gasteiger partial charge in [-0.15, -0.1) is 0 Å². The smallest absolute Gasteiger partial charge is 0.384 e. The van der Waals surface area contributed by atoms with Gasteiger partial charge >= 0.3 is 6.18 Å². The number of halogens is 3. The molecule has 0 fully saturated rings. The molecule has 0 saturated carbocycles. The van der Waals surface area contributed by atoms with Gasteiger partial charge < -0.3 is 16.4 Å². The van der Waals surface area contributed by atoms with Gasteiger partial charge in [0, 0.05) is 29.2 Å². The van der Waals surface area contributed by atoms with Crippen LogP contribution in [0.4, 0.5) is 36.2 Å². The van der Waals surface area contributed by atoms with E-state index in [1.54, 1.807) is 30.5 Å². The Hall–Kier alpha value is -4.28. The molecule has 174 valence electrons. The van der Waals surface area contributed by atoms with Gasteiger partial charge in [0.1, 0.15) is 24.3 Å². The van der Waals surface area contributed by atoms with Crippen LogP contribution in [-0.2, 0) is 4.79 Å². The topological polar surface area (TPSA) is 119 Å². The molecule has 0 saturated heterocycles. The molecule has 1 unspecified atom stereocenters. The molecule has 11 heteroatoms. The number of carbonyl (C=O) groups is 1. The zero-order chi connectivity index (χ0) is 24.3. The Morgan fingerprint density at radius 2 is 1.97 bits per heavy atom. The Kier molecular flexibility index (Phi) is 6.26. The Morgan fingerprint density at radius 1 is 1.15 bits per heavy atom. The summed E-state index contributed by atoms with van der Waals surface area (Å²) >= 11 is 0. The van der Waals surface area contributed by atoms with Crippen LogP contribution in [0.2, 0.25) is 0 Å². The minimum atomic E-state index is -4.40. The van der Waals surface area contributed by atoms with Crippen molar-refractivity contribution in [2.24, 2.45) is 5.92 Å². The van der Waals surface area contributed by atoms with Crippen LogP contribution < -0.4 is 16.4 Å². The molecule has 0 radical (unpaired) electrons. The summed E-state index contributed by atoms with van der Waals surface area (Å²) in [5.74, 6) is -1.53. The number of nitrogens with two attached hydrogens (primary N) is 1. The van der Waals surface area contributed by atoms with Gasteiger partial charge in [-0.3, -0.25) is 4.79 Å². The first-order valence-electron chi connectivity index (χ1n) is 10.2. The quantitative estimate of drug-likeness (QED) is 0.503. The van der Waals surface area contributed by atoms with Crippen molar-refractivity contribution < 1.29 is 18.0 Å². The summed E-state index contributed by atoms with van der Waals surface area (Å²) in [5.41, 5.74) is 8.82. The van der Waals surface area contributed by atoms with E-state index in [2.05, 4.69) is 30.6 Å². The van der Waals surface area contributed by atoms with Crippen LogP contribution in [0.3, 0.4) is 0 Å². The molecule has 1 aliphatic rings. The summed E-state index contributed by atoms with van der Waals surface area (Å²) in [6.07, 6.45) is 3.18. The molecule has 4 N–H and O–H groups in total. The standard InChI is InChI=1S/C23H20F3N7O/c1-13-5-6-16(32-22(34)14-3-2-4-15(7-14)23(24,25)26)8-18(13)33-21-17(10-28-11-31-21)19-9-20(27)30-12-29-19/h2-6,8-12,15H,7H2,1H3,(H,32,34)(H2,27,29,30)(H,28,31,33). The number of aryl methyl sites for hydroxylation is 1. The number of benzene rings is 1. The molecule has 1 amide bonds. The Balaban J connectivity index is 1.55. The lowest BCUT2D eigenvalue weighted by molar-refractivity contribution is -0.161. The van der Waals surface area contributed by atoms with Crippen molar-refractivity contribution in [3.63, 3.8) is 0 Å². The van der Waals surface area contributed by atoms with Crippen molar-refractivity contribution >= 4 is 28.9 Å². The van der Waals surface area contributed by atoms with Gasteiger partial charge in [-0.2, -0.15) is 13.2 Å². The number of nitrogens with one attached hydrogen (secondary N) is 2. The highest BCUT2D eigenvalue weighted by Crippen LogP contribution is 2.35. The molecule has 0 aliphatic heterocycles. The maximum atomic E-state index is 13.0. The Labute approximate surface area is 192 Å². The first kappa shape index (κ1) is 22.9. The normalized spacial score (nSPS) is 15.5.